The summed E-state index contributed by atoms with van der Waals surface area (Å²) in [4.78, 5) is 27.9. The molecule has 2 amide bonds. The fourth-order valence-corrected chi connectivity index (χ4v) is 3.41. The van der Waals surface area contributed by atoms with Gasteiger partial charge in [-0.05, 0) is 18.1 Å². The number of likely N-dealkylation sites (tertiary alicyclic amines) is 1. The average Bonchev–Trinajstić information content (AvgIpc) is 2.93. The predicted octanol–water partition coefficient (Wildman–Crippen LogP) is 1.44. The normalized spacial score (nSPS) is 22.2. The van der Waals surface area contributed by atoms with Crippen molar-refractivity contribution in [3.63, 3.8) is 0 Å². The maximum Gasteiger partial charge on any atom is 0.242 e. The molecule has 2 aliphatic heterocycles. The second-order valence-corrected chi connectivity index (χ2v) is 6.15. The van der Waals surface area contributed by atoms with Crippen LogP contribution in [0.3, 0.4) is 0 Å². The van der Waals surface area contributed by atoms with Crippen LogP contribution in [0.4, 0.5) is 0 Å². The molecule has 2 heterocycles. The van der Waals surface area contributed by atoms with Crippen LogP contribution in [0.2, 0.25) is 5.02 Å². The van der Waals surface area contributed by atoms with Gasteiger partial charge in [-0.25, -0.2) is 0 Å². The van der Waals surface area contributed by atoms with Crippen LogP contribution in [-0.4, -0.2) is 54.3 Å². The Morgan fingerprint density at radius 3 is 2.86 bits per heavy atom. The van der Waals surface area contributed by atoms with Gasteiger partial charge in [0.25, 0.3) is 0 Å². The maximum atomic E-state index is 12.7. The number of piperazine rings is 1. The van der Waals surface area contributed by atoms with Crippen molar-refractivity contribution in [2.75, 3.05) is 32.7 Å². The second kappa shape index (κ2) is 6.67. The van der Waals surface area contributed by atoms with Crippen LogP contribution < -0.4 is 5.32 Å². The Labute approximate surface area is 135 Å². The monoisotopic (exact) mass is 321 g/mol. The van der Waals surface area contributed by atoms with Crippen molar-refractivity contribution >= 4 is 23.4 Å². The largest absolute Gasteiger partial charge is 0.333 e. The Balaban J connectivity index is 1.76. The van der Waals surface area contributed by atoms with Gasteiger partial charge in [0.2, 0.25) is 11.8 Å². The Bertz CT molecular complexity index is 578. The topological polar surface area (TPSA) is 52.7 Å². The van der Waals surface area contributed by atoms with Crippen LogP contribution in [0.5, 0.6) is 0 Å². The minimum Gasteiger partial charge on any atom is -0.333 e. The standard InChI is InChI=1S/C16H20ClN3O2/c17-13-5-2-1-4-12(13)14-10-18-7-9-20(14)16(22)11-19-8-3-6-15(19)21/h1-2,4-5,14,18H,3,6-11H2. The summed E-state index contributed by atoms with van der Waals surface area (Å²) in [7, 11) is 0. The smallest absolute Gasteiger partial charge is 0.242 e. The summed E-state index contributed by atoms with van der Waals surface area (Å²) in [6, 6.07) is 7.55. The van der Waals surface area contributed by atoms with Gasteiger partial charge in [0.05, 0.1) is 12.6 Å². The molecule has 1 aromatic carbocycles. The van der Waals surface area contributed by atoms with E-state index in [0.717, 1.165) is 18.5 Å². The molecule has 1 aromatic rings. The summed E-state index contributed by atoms with van der Waals surface area (Å²) in [5, 5.41) is 3.99. The van der Waals surface area contributed by atoms with Gasteiger partial charge >= 0.3 is 0 Å². The second-order valence-electron chi connectivity index (χ2n) is 5.75. The fourth-order valence-electron chi connectivity index (χ4n) is 3.15. The van der Waals surface area contributed by atoms with Crippen molar-refractivity contribution in [1.82, 2.24) is 15.1 Å². The number of benzene rings is 1. The molecule has 2 aliphatic rings. The Hall–Kier alpha value is -1.59. The van der Waals surface area contributed by atoms with Gasteiger partial charge in [0, 0.05) is 37.6 Å². The van der Waals surface area contributed by atoms with Gasteiger partial charge in [-0.3, -0.25) is 9.59 Å². The lowest BCUT2D eigenvalue weighted by molar-refractivity contribution is -0.140. The predicted molar refractivity (Wildman–Crippen MR) is 84.6 cm³/mol. The minimum atomic E-state index is -0.0762. The Morgan fingerprint density at radius 1 is 1.32 bits per heavy atom. The summed E-state index contributed by atoms with van der Waals surface area (Å²) >= 11 is 6.29. The molecule has 3 rings (SSSR count). The highest BCUT2D eigenvalue weighted by Gasteiger charge is 2.31. The number of carbonyl (C=O) groups is 2. The van der Waals surface area contributed by atoms with Gasteiger partial charge in [-0.1, -0.05) is 29.8 Å². The van der Waals surface area contributed by atoms with Crippen molar-refractivity contribution < 1.29 is 9.59 Å². The number of carbonyl (C=O) groups excluding carboxylic acids is 2. The van der Waals surface area contributed by atoms with Crippen molar-refractivity contribution in [2.45, 2.75) is 18.9 Å². The molecule has 5 nitrogen and oxygen atoms in total. The van der Waals surface area contributed by atoms with Gasteiger partial charge in [-0.15, -0.1) is 0 Å². The Morgan fingerprint density at radius 2 is 2.14 bits per heavy atom. The van der Waals surface area contributed by atoms with Crippen molar-refractivity contribution in [2.24, 2.45) is 0 Å². The van der Waals surface area contributed by atoms with Gasteiger partial charge < -0.3 is 15.1 Å². The third kappa shape index (κ3) is 3.10. The molecule has 6 heteroatoms. The highest BCUT2D eigenvalue weighted by Crippen LogP contribution is 2.28. The number of hydrogen-bond donors (Lipinski definition) is 1. The molecular weight excluding hydrogens is 302 g/mol. The highest BCUT2D eigenvalue weighted by molar-refractivity contribution is 6.31. The number of halogens is 1. The average molecular weight is 322 g/mol. The van der Waals surface area contributed by atoms with E-state index < -0.39 is 0 Å². The molecule has 1 unspecified atom stereocenters. The van der Waals surface area contributed by atoms with E-state index in [1.807, 2.05) is 29.2 Å². The molecule has 118 valence electrons. The summed E-state index contributed by atoms with van der Waals surface area (Å²) in [6.45, 7) is 2.95. The first-order valence-corrected chi connectivity index (χ1v) is 8.07. The molecule has 0 aromatic heterocycles. The quantitative estimate of drug-likeness (QED) is 0.916. The van der Waals surface area contributed by atoms with E-state index in [9.17, 15) is 9.59 Å². The fraction of sp³-hybridized carbons (Fsp3) is 0.500. The number of nitrogens with zero attached hydrogens (tertiary/aromatic N) is 2. The lowest BCUT2D eigenvalue weighted by Crippen LogP contribution is -2.51. The van der Waals surface area contributed by atoms with Gasteiger partial charge in [0.15, 0.2) is 0 Å². The molecule has 0 aliphatic carbocycles. The van der Waals surface area contributed by atoms with E-state index >= 15 is 0 Å². The van der Waals surface area contributed by atoms with Crippen molar-refractivity contribution in [1.29, 1.82) is 0 Å². The third-order valence-corrected chi connectivity index (χ3v) is 4.67. The summed E-state index contributed by atoms with van der Waals surface area (Å²) in [5.41, 5.74) is 0.956. The van der Waals surface area contributed by atoms with E-state index in [1.54, 1.807) is 4.90 Å². The molecule has 0 radical (unpaired) electrons. The zero-order valence-corrected chi connectivity index (χ0v) is 13.2. The molecular formula is C16H20ClN3O2. The van der Waals surface area contributed by atoms with Crippen LogP contribution in [-0.2, 0) is 9.59 Å². The van der Waals surface area contributed by atoms with E-state index in [0.29, 0.717) is 31.1 Å². The molecule has 2 saturated heterocycles. The molecule has 0 bridgehead atoms. The summed E-state index contributed by atoms with van der Waals surface area (Å²) < 4.78 is 0. The van der Waals surface area contributed by atoms with E-state index in [-0.39, 0.29) is 24.4 Å². The molecule has 1 atom stereocenters. The zero-order valence-electron chi connectivity index (χ0n) is 12.4. The van der Waals surface area contributed by atoms with Crippen molar-refractivity contribution in [3.8, 4) is 0 Å². The first-order valence-electron chi connectivity index (χ1n) is 7.69. The zero-order chi connectivity index (χ0) is 15.5. The molecule has 2 fully saturated rings. The van der Waals surface area contributed by atoms with Crippen LogP contribution in [0.1, 0.15) is 24.4 Å². The van der Waals surface area contributed by atoms with Gasteiger partial charge in [0.1, 0.15) is 0 Å². The first kappa shape index (κ1) is 15.3. The van der Waals surface area contributed by atoms with Crippen molar-refractivity contribution in [3.05, 3.63) is 34.9 Å². The lowest BCUT2D eigenvalue weighted by atomic mass is 10.0. The number of nitrogens with one attached hydrogen (secondary N) is 1. The molecule has 1 N–H and O–H groups in total. The molecule has 22 heavy (non-hydrogen) atoms. The summed E-state index contributed by atoms with van der Waals surface area (Å²) in [5.74, 6) is 0.0828. The SMILES string of the molecule is O=C1CCCN1CC(=O)N1CCNCC1c1ccccc1Cl. The van der Waals surface area contributed by atoms with Crippen LogP contribution in [0, 0.1) is 0 Å². The highest BCUT2D eigenvalue weighted by atomic mass is 35.5. The molecule has 0 spiro atoms. The minimum absolute atomic E-state index is 0.00155. The maximum absolute atomic E-state index is 12.7. The Kier molecular flexibility index (Phi) is 4.64. The first-order chi connectivity index (χ1) is 10.7. The van der Waals surface area contributed by atoms with Crippen LogP contribution in [0.15, 0.2) is 24.3 Å². The van der Waals surface area contributed by atoms with Crippen LogP contribution >= 0.6 is 11.6 Å². The van der Waals surface area contributed by atoms with E-state index in [4.69, 9.17) is 11.6 Å². The number of amides is 2. The van der Waals surface area contributed by atoms with Gasteiger partial charge in [-0.2, -0.15) is 0 Å². The lowest BCUT2D eigenvalue weighted by Gasteiger charge is -2.37. The van der Waals surface area contributed by atoms with E-state index in [2.05, 4.69) is 5.32 Å². The summed E-state index contributed by atoms with van der Waals surface area (Å²) in [6.07, 6.45) is 1.41. The van der Waals surface area contributed by atoms with E-state index in [1.165, 1.54) is 0 Å². The third-order valence-electron chi connectivity index (χ3n) is 4.33. The van der Waals surface area contributed by atoms with Crippen LogP contribution in [0.25, 0.3) is 0 Å². The number of hydrogen-bond acceptors (Lipinski definition) is 3. The number of rotatable bonds is 3. The molecule has 0 saturated carbocycles.